The van der Waals surface area contributed by atoms with Crippen molar-refractivity contribution in [3.63, 3.8) is 0 Å². The van der Waals surface area contributed by atoms with Crippen LogP contribution in [-0.4, -0.2) is 69.3 Å². The Balaban J connectivity index is 1.51. The van der Waals surface area contributed by atoms with E-state index < -0.39 is 5.60 Å². The quantitative estimate of drug-likeness (QED) is 0.849. The Labute approximate surface area is 137 Å². The summed E-state index contributed by atoms with van der Waals surface area (Å²) < 4.78 is 0. The molecule has 1 amide bonds. The zero-order valence-electron chi connectivity index (χ0n) is 14.3. The first-order valence-corrected chi connectivity index (χ1v) is 8.70. The van der Waals surface area contributed by atoms with Gasteiger partial charge in [-0.15, -0.1) is 0 Å². The van der Waals surface area contributed by atoms with Gasteiger partial charge in [0.15, 0.2) is 0 Å². The number of nitrogens with one attached hydrogen (secondary N) is 1. The maximum absolute atomic E-state index is 12.5. The van der Waals surface area contributed by atoms with E-state index in [0.717, 1.165) is 30.0 Å². The van der Waals surface area contributed by atoms with Crippen LogP contribution in [0.1, 0.15) is 42.6 Å². The molecule has 2 saturated heterocycles. The lowest BCUT2D eigenvalue weighted by Crippen LogP contribution is -2.45. The van der Waals surface area contributed by atoms with Crippen LogP contribution in [0.4, 0.5) is 0 Å². The van der Waals surface area contributed by atoms with E-state index in [1.54, 1.807) is 0 Å². The third kappa shape index (κ3) is 3.75. The first-order valence-electron chi connectivity index (χ1n) is 8.70. The van der Waals surface area contributed by atoms with Gasteiger partial charge in [-0.2, -0.15) is 5.10 Å². The minimum Gasteiger partial charge on any atom is -0.387 e. The summed E-state index contributed by atoms with van der Waals surface area (Å²) in [4.78, 5) is 16.6. The number of aromatic amines is 1. The summed E-state index contributed by atoms with van der Waals surface area (Å²) in [7, 11) is 0. The number of hydrogen-bond acceptors (Lipinski definition) is 4. The molecular weight excluding hydrogens is 292 g/mol. The van der Waals surface area contributed by atoms with Crippen LogP contribution in [0.15, 0.2) is 0 Å². The molecule has 0 spiro atoms. The van der Waals surface area contributed by atoms with Crippen molar-refractivity contribution < 1.29 is 9.90 Å². The van der Waals surface area contributed by atoms with Crippen LogP contribution in [0.5, 0.6) is 0 Å². The van der Waals surface area contributed by atoms with Gasteiger partial charge < -0.3 is 14.9 Å². The van der Waals surface area contributed by atoms with E-state index in [-0.39, 0.29) is 5.91 Å². The Morgan fingerprint density at radius 2 is 2.04 bits per heavy atom. The van der Waals surface area contributed by atoms with Gasteiger partial charge in [-0.25, -0.2) is 0 Å². The van der Waals surface area contributed by atoms with Gasteiger partial charge in [-0.05, 0) is 58.2 Å². The van der Waals surface area contributed by atoms with Gasteiger partial charge in [0, 0.05) is 25.2 Å². The number of carbonyl (C=O) groups excluding carboxylic acids is 1. The van der Waals surface area contributed by atoms with E-state index in [2.05, 4.69) is 15.1 Å². The number of aryl methyl sites for hydroxylation is 2. The predicted molar refractivity (Wildman–Crippen MR) is 88.2 cm³/mol. The number of H-pyrrole nitrogens is 1. The van der Waals surface area contributed by atoms with Gasteiger partial charge in [-0.3, -0.25) is 9.89 Å². The molecule has 1 atom stereocenters. The van der Waals surface area contributed by atoms with E-state index in [9.17, 15) is 9.90 Å². The number of rotatable bonds is 5. The topological polar surface area (TPSA) is 72.5 Å². The van der Waals surface area contributed by atoms with Gasteiger partial charge in [0.05, 0.1) is 17.8 Å². The average Bonchev–Trinajstić information content (AvgIpc) is 3.21. The molecular formula is C17H28N4O2. The fourth-order valence-corrected chi connectivity index (χ4v) is 3.89. The summed E-state index contributed by atoms with van der Waals surface area (Å²) in [5.41, 5.74) is 2.44. The van der Waals surface area contributed by atoms with E-state index in [1.807, 2.05) is 18.7 Å². The number of amides is 1. The van der Waals surface area contributed by atoms with Crippen LogP contribution in [0, 0.1) is 13.8 Å². The first-order chi connectivity index (χ1) is 11.0. The fraction of sp³-hybridized carbons (Fsp3) is 0.765. The second kappa shape index (κ2) is 6.61. The van der Waals surface area contributed by atoms with E-state index >= 15 is 0 Å². The molecule has 2 N–H and O–H groups in total. The molecule has 0 bridgehead atoms. The Kier molecular flexibility index (Phi) is 4.73. The third-order valence-corrected chi connectivity index (χ3v) is 5.27. The van der Waals surface area contributed by atoms with Crippen molar-refractivity contribution in [1.82, 2.24) is 20.0 Å². The fourth-order valence-electron chi connectivity index (χ4n) is 3.89. The highest BCUT2D eigenvalue weighted by atomic mass is 16.3. The first kappa shape index (κ1) is 16.5. The Bertz CT molecular complexity index is 545. The Morgan fingerprint density at radius 1 is 1.30 bits per heavy atom. The number of hydrogen-bond donors (Lipinski definition) is 2. The van der Waals surface area contributed by atoms with Crippen molar-refractivity contribution >= 4 is 5.91 Å². The molecule has 23 heavy (non-hydrogen) atoms. The second-order valence-corrected chi connectivity index (χ2v) is 7.19. The number of aromatic nitrogens is 2. The van der Waals surface area contributed by atoms with Gasteiger partial charge in [0.1, 0.15) is 0 Å². The normalized spacial score (nSPS) is 25.4. The average molecular weight is 320 g/mol. The summed E-state index contributed by atoms with van der Waals surface area (Å²) in [6, 6.07) is 0. The summed E-state index contributed by atoms with van der Waals surface area (Å²) in [6.45, 7) is 7.97. The van der Waals surface area contributed by atoms with Gasteiger partial charge in [0.2, 0.25) is 5.91 Å². The van der Waals surface area contributed by atoms with Crippen molar-refractivity contribution in [2.45, 2.75) is 51.6 Å². The van der Waals surface area contributed by atoms with Gasteiger partial charge in [0.25, 0.3) is 0 Å². The molecule has 0 saturated carbocycles. The number of β-amino-alcohol motifs (C(OH)–C–C–N with tert-alkyl or cyclic N) is 1. The van der Waals surface area contributed by atoms with Crippen LogP contribution in [0.2, 0.25) is 0 Å². The van der Waals surface area contributed by atoms with E-state index in [0.29, 0.717) is 38.9 Å². The highest BCUT2D eigenvalue weighted by Crippen LogP contribution is 2.25. The minimum absolute atomic E-state index is 0.141. The molecule has 6 nitrogen and oxygen atoms in total. The number of aliphatic hydroxyl groups is 1. The SMILES string of the molecule is Cc1n[nH]c(C)c1CCC(=O)N1CC[C@](O)(CN2CCCC2)C1. The molecule has 0 aromatic carbocycles. The smallest absolute Gasteiger partial charge is 0.223 e. The standard InChI is InChI=1S/C17H28N4O2/c1-13-15(14(2)19-18-13)5-6-16(22)21-10-7-17(23,12-21)11-20-8-3-4-9-20/h23H,3-12H2,1-2H3,(H,18,19)/t17-/m0/s1. The second-order valence-electron chi connectivity index (χ2n) is 7.19. The molecule has 1 aromatic rings. The number of carbonyl (C=O) groups is 1. The van der Waals surface area contributed by atoms with Crippen LogP contribution < -0.4 is 0 Å². The Morgan fingerprint density at radius 3 is 2.70 bits per heavy atom. The summed E-state index contributed by atoms with van der Waals surface area (Å²) in [6.07, 6.45) is 4.35. The molecule has 0 unspecified atom stereocenters. The van der Waals surface area contributed by atoms with Gasteiger partial charge >= 0.3 is 0 Å². The monoisotopic (exact) mass is 320 g/mol. The van der Waals surface area contributed by atoms with Crippen LogP contribution in [-0.2, 0) is 11.2 Å². The van der Waals surface area contributed by atoms with E-state index in [1.165, 1.54) is 12.8 Å². The molecule has 2 aliphatic heterocycles. The molecule has 0 aliphatic carbocycles. The van der Waals surface area contributed by atoms with Crippen LogP contribution >= 0.6 is 0 Å². The summed E-state index contributed by atoms with van der Waals surface area (Å²) in [5, 5.41) is 17.9. The van der Waals surface area contributed by atoms with Gasteiger partial charge in [-0.1, -0.05) is 0 Å². The van der Waals surface area contributed by atoms with Crippen LogP contribution in [0.3, 0.4) is 0 Å². The van der Waals surface area contributed by atoms with Crippen molar-refractivity contribution in [2.24, 2.45) is 0 Å². The summed E-state index contributed by atoms with van der Waals surface area (Å²) >= 11 is 0. The van der Waals surface area contributed by atoms with Crippen molar-refractivity contribution in [3.05, 3.63) is 17.0 Å². The molecule has 2 aliphatic rings. The zero-order valence-corrected chi connectivity index (χ0v) is 14.3. The van der Waals surface area contributed by atoms with Crippen molar-refractivity contribution in [1.29, 1.82) is 0 Å². The lowest BCUT2D eigenvalue weighted by Gasteiger charge is -2.28. The molecule has 3 rings (SSSR count). The molecule has 6 heteroatoms. The Hall–Kier alpha value is -1.40. The molecule has 128 valence electrons. The minimum atomic E-state index is -0.721. The maximum atomic E-state index is 12.5. The molecule has 3 heterocycles. The van der Waals surface area contributed by atoms with E-state index in [4.69, 9.17) is 0 Å². The lowest BCUT2D eigenvalue weighted by atomic mass is 10.0. The molecule has 2 fully saturated rings. The molecule has 1 aromatic heterocycles. The third-order valence-electron chi connectivity index (χ3n) is 5.27. The van der Waals surface area contributed by atoms with Crippen molar-refractivity contribution in [3.8, 4) is 0 Å². The lowest BCUT2D eigenvalue weighted by molar-refractivity contribution is -0.131. The largest absolute Gasteiger partial charge is 0.387 e. The zero-order chi connectivity index (χ0) is 16.4. The molecule has 0 radical (unpaired) electrons. The number of likely N-dealkylation sites (tertiary alicyclic amines) is 2. The maximum Gasteiger partial charge on any atom is 0.223 e. The number of nitrogens with zero attached hydrogens (tertiary/aromatic N) is 3. The highest BCUT2D eigenvalue weighted by Gasteiger charge is 2.39. The van der Waals surface area contributed by atoms with Crippen LogP contribution in [0.25, 0.3) is 0 Å². The summed E-state index contributed by atoms with van der Waals surface area (Å²) in [5.74, 6) is 0.141. The highest BCUT2D eigenvalue weighted by molar-refractivity contribution is 5.77. The van der Waals surface area contributed by atoms with Crippen molar-refractivity contribution in [2.75, 3.05) is 32.7 Å². The predicted octanol–water partition coefficient (Wildman–Crippen LogP) is 1.02.